The van der Waals surface area contributed by atoms with E-state index in [9.17, 15) is 0 Å². The fraction of sp³-hybridized carbons (Fsp3) is 1.00. The van der Waals surface area contributed by atoms with Gasteiger partial charge in [0.2, 0.25) is 0 Å². The summed E-state index contributed by atoms with van der Waals surface area (Å²) >= 11 is 0. The molecule has 0 aliphatic carbocycles. The summed E-state index contributed by atoms with van der Waals surface area (Å²) in [4.78, 5) is 2.72. The van der Waals surface area contributed by atoms with Crippen LogP contribution in [0.25, 0.3) is 0 Å². The molecule has 0 amide bonds. The third-order valence-corrected chi connectivity index (χ3v) is 3.47. The molecular formula is C13H27N. The second-order valence-corrected chi connectivity index (χ2v) is 4.79. The second-order valence-electron chi connectivity index (χ2n) is 4.79. The molecule has 1 nitrogen and oxygen atoms in total. The monoisotopic (exact) mass is 197 g/mol. The van der Waals surface area contributed by atoms with E-state index in [4.69, 9.17) is 0 Å². The van der Waals surface area contributed by atoms with E-state index in [1.807, 2.05) is 0 Å². The molecule has 0 aromatic rings. The first-order valence-corrected chi connectivity index (χ1v) is 6.58. The number of rotatable bonds is 3. The number of hydrogen-bond donors (Lipinski definition) is 0. The molecule has 84 valence electrons. The first-order valence-electron chi connectivity index (χ1n) is 6.58. The van der Waals surface area contributed by atoms with Crippen molar-refractivity contribution in [3.63, 3.8) is 0 Å². The van der Waals surface area contributed by atoms with Crippen molar-refractivity contribution in [1.29, 1.82) is 0 Å². The van der Waals surface area contributed by atoms with Crippen molar-refractivity contribution in [2.75, 3.05) is 13.1 Å². The summed E-state index contributed by atoms with van der Waals surface area (Å²) in [5.74, 6) is 0. The van der Waals surface area contributed by atoms with Crippen LogP contribution < -0.4 is 0 Å². The molecule has 0 spiro atoms. The third kappa shape index (κ3) is 4.45. The van der Waals surface area contributed by atoms with Gasteiger partial charge in [0.1, 0.15) is 0 Å². The SMILES string of the molecule is CCCC(C)N1CCCCCCCC1. The van der Waals surface area contributed by atoms with Crippen LogP contribution in [0.5, 0.6) is 0 Å². The molecule has 1 aliphatic heterocycles. The van der Waals surface area contributed by atoms with Gasteiger partial charge in [0.25, 0.3) is 0 Å². The molecule has 14 heavy (non-hydrogen) atoms. The normalized spacial score (nSPS) is 23.6. The summed E-state index contributed by atoms with van der Waals surface area (Å²) in [5.41, 5.74) is 0. The zero-order valence-corrected chi connectivity index (χ0v) is 10.1. The lowest BCUT2D eigenvalue weighted by molar-refractivity contribution is 0.195. The highest BCUT2D eigenvalue weighted by atomic mass is 15.1. The average molecular weight is 197 g/mol. The van der Waals surface area contributed by atoms with Gasteiger partial charge in [0, 0.05) is 6.04 Å². The van der Waals surface area contributed by atoms with Gasteiger partial charge < -0.3 is 4.90 Å². The molecule has 0 radical (unpaired) electrons. The van der Waals surface area contributed by atoms with E-state index in [2.05, 4.69) is 18.7 Å². The largest absolute Gasteiger partial charge is 0.301 e. The summed E-state index contributed by atoms with van der Waals surface area (Å²) < 4.78 is 0. The van der Waals surface area contributed by atoms with E-state index < -0.39 is 0 Å². The van der Waals surface area contributed by atoms with Gasteiger partial charge in [-0.25, -0.2) is 0 Å². The van der Waals surface area contributed by atoms with Crippen LogP contribution in [0.3, 0.4) is 0 Å². The van der Waals surface area contributed by atoms with Crippen LogP contribution in [0.4, 0.5) is 0 Å². The molecule has 0 bridgehead atoms. The van der Waals surface area contributed by atoms with Crippen molar-refractivity contribution >= 4 is 0 Å². The number of nitrogens with zero attached hydrogens (tertiary/aromatic N) is 1. The Balaban J connectivity index is 2.31. The Hall–Kier alpha value is -0.0400. The maximum atomic E-state index is 2.72. The van der Waals surface area contributed by atoms with Crippen molar-refractivity contribution in [2.24, 2.45) is 0 Å². The minimum absolute atomic E-state index is 0.818. The molecular weight excluding hydrogens is 170 g/mol. The summed E-state index contributed by atoms with van der Waals surface area (Å²) in [6, 6.07) is 0.818. The van der Waals surface area contributed by atoms with Gasteiger partial charge in [0.05, 0.1) is 0 Å². The van der Waals surface area contributed by atoms with E-state index >= 15 is 0 Å². The highest BCUT2D eigenvalue weighted by molar-refractivity contribution is 4.68. The van der Waals surface area contributed by atoms with Crippen LogP contribution in [-0.4, -0.2) is 24.0 Å². The molecule has 1 unspecified atom stereocenters. The Labute approximate surface area is 89.9 Å². The maximum Gasteiger partial charge on any atom is 0.00668 e. The predicted octanol–water partition coefficient (Wildman–Crippen LogP) is 3.83. The second kappa shape index (κ2) is 7.28. The standard InChI is InChI=1S/C13H27N/c1-3-10-13(2)14-11-8-6-4-5-7-9-12-14/h13H,3-12H2,1-2H3. The van der Waals surface area contributed by atoms with Gasteiger partial charge in [-0.15, -0.1) is 0 Å². The quantitative estimate of drug-likeness (QED) is 0.664. The van der Waals surface area contributed by atoms with Crippen LogP contribution >= 0.6 is 0 Å². The Morgan fingerprint density at radius 3 is 1.93 bits per heavy atom. The van der Waals surface area contributed by atoms with E-state index in [1.54, 1.807) is 0 Å². The zero-order chi connectivity index (χ0) is 10.2. The van der Waals surface area contributed by atoms with Crippen molar-refractivity contribution in [3.8, 4) is 0 Å². The molecule has 1 atom stereocenters. The van der Waals surface area contributed by atoms with Crippen molar-refractivity contribution in [1.82, 2.24) is 4.90 Å². The van der Waals surface area contributed by atoms with Gasteiger partial charge in [-0.3, -0.25) is 0 Å². The van der Waals surface area contributed by atoms with Crippen LogP contribution in [0.15, 0.2) is 0 Å². The van der Waals surface area contributed by atoms with Crippen LogP contribution in [0.1, 0.15) is 65.2 Å². The first kappa shape index (κ1) is 12.0. The van der Waals surface area contributed by atoms with Gasteiger partial charge >= 0.3 is 0 Å². The Morgan fingerprint density at radius 1 is 0.929 bits per heavy atom. The molecule has 0 N–H and O–H groups in total. The number of hydrogen-bond acceptors (Lipinski definition) is 1. The maximum absolute atomic E-state index is 2.72. The summed E-state index contributed by atoms with van der Waals surface area (Å²) in [6.45, 7) is 7.40. The minimum Gasteiger partial charge on any atom is -0.301 e. The third-order valence-electron chi connectivity index (χ3n) is 3.47. The lowest BCUT2D eigenvalue weighted by atomic mass is 10.1. The van der Waals surface area contributed by atoms with E-state index in [0.717, 1.165) is 6.04 Å². The molecule has 0 aromatic carbocycles. The molecule has 1 saturated heterocycles. The molecule has 1 heterocycles. The van der Waals surface area contributed by atoms with Gasteiger partial charge in [0.15, 0.2) is 0 Å². The van der Waals surface area contributed by atoms with Crippen LogP contribution in [0, 0.1) is 0 Å². The molecule has 0 saturated carbocycles. The minimum atomic E-state index is 0.818. The van der Waals surface area contributed by atoms with Gasteiger partial charge in [-0.05, 0) is 39.3 Å². The van der Waals surface area contributed by atoms with Crippen molar-refractivity contribution < 1.29 is 0 Å². The molecule has 1 heteroatoms. The Morgan fingerprint density at radius 2 is 1.43 bits per heavy atom. The van der Waals surface area contributed by atoms with E-state index in [1.165, 1.54) is 64.5 Å². The Bertz CT molecular complexity index is 123. The smallest absolute Gasteiger partial charge is 0.00668 e. The van der Waals surface area contributed by atoms with Crippen molar-refractivity contribution in [2.45, 2.75) is 71.3 Å². The highest BCUT2D eigenvalue weighted by Gasteiger charge is 2.12. The van der Waals surface area contributed by atoms with Gasteiger partial charge in [-0.2, -0.15) is 0 Å². The predicted molar refractivity (Wildman–Crippen MR) is 63.6 cm³/mol. The summed E-state index contributed by atoms with van der Waals surface area (Å²) in [5, 5.41) is 0. The fourth-order valence-electron chi connectivity index (χ4n) is 2.49. The lowest BCUT2D eigenvalue weighted by Gasteiger charge is -2.28. The van der Waals surface area contributed by atoms with E-state index in [0.29, 0.717) is 0 Å². The lowest BCUT2D eigenvalue weighted by Crippen LogP contribution is -2.34. The fourth-order valence-corrected chi connectivity index (χ4v) is 2.49. The van der Waals surface area contributed by atoms with Crippen LogP contribution in [0.2, 0.25) is 0 Å². The highest BCUT2D eigenvalue weighted by Crippen LogP contribution is 2.14. The summed E-state index contributed by atoms with van der Waals surface area (Å²) in [7, 11) is 0. The average Bonchev–Trinajstić information content (AvgIpc) is 2.30. The first-order chi connectivity index (χ1) is 6.84. The molecule has 0 aromatic heterocycles. The van der Waals surface area contributed by atoms with Gasteiger partial charge in [-0.1, -0.05) is 39.0 Å². The zero-order valence-electron chi connectivity index (χ0n) is 10.1. The Kier molecular flexibility index (Phi) is 6.25. The van der Waals surface area contributed by atoms with Crippen molar-refractivity contribution in [3.05, 3.63) is 0 Å². The summed E-state index contributed by atoms with van der Waals surface area (Å²) in [6.07, 6.45) is 11.4. The van der Waals surface area contributed by atoms with E-state index in [-0.39, 0.29) is 0 Å². The van der Waals surface area contributed by atoms with Crippen LogP contribution in [-0.2, 0) is 0 Å². The molecule has 1 fully saturated rings. The topological polar surface area (TPSA) is 3.24 Å². The molecule has 1 rings (SSSR count). The molecule has 1 aliphatic rings.